The molecule has 2 rings (SSSR count). The summed E-state index contributed by atoms with van der Waals surface area (Å²) in [5, 5.41) is 0. The molecule has 0 aromatic carbocycles. The van der Waals surface area contributed by atoms with Crippen molar-refractivity contribution in [2.75, 3.05) is 39.3 Å². The summed E-state index contributed by atoms with van der Waals surface area (Å²) in [6, 6.07) is -0.343. The molecule has 3 atom stereocenters. The topological polar surface area (TPSA) is 58.8 Å². The SMILES string of the molecule is CC[C@H](C)[C@H](N)C(=O)N1CCN(CC2CCCO2)CC1. The Balaban J connectivity index is 1.74. The molecular weight excluding hydrogens is 254 g/mol. The predicted octanol–water partition coefficient (Wildman–Crippen LogP) is 0.683. The monoisotopic (exact) mass is 283 g/mol. The number of hydrogen-bond donors (Lipinski definition) is 1. The van der Waals surface area contributed by atoms with Gasteiger partial charge in [0.25, 0.3) is 0 Å². The Labute approximate surface area is 122 Å². The second kappa shape index (κ2) is 7.38. The van der Waals surface area contributed by atoms with E-state index in [2.05, 4.69) is 18.7 Å². The van der Waals surface area contributed by atoms with Crippen LogP contribution in [0, 0.1) is 5.92 Å². The first-order valence-electron chi connectivity index (χ1n) is 8.00. The molecule has 2 aliphatic heterocycles. The number of amides is 1. The summed E-state index contributed by atoms with van der Waals surface area (Å²) in [5.41, 5.74) is 6.04. The standard InChI is InChI=1S/C15H29N3O2/c1-3-12(2)14(16)15(19)18-8-6-17(7-9-18)11-13-5-4-10-20-13/h12-14H,3-11,16H2,1-2H3/t12-,13?,14-/m0/s1. The molecule has 5 heteroatoms. The van der Waals surface area contributed by atoms with Gasteiger partial charge in [0.2, 0.25) is 5.91 Å². The van der Waals surface area contributed by atoms with Crippen molar-refractivity contribution in [3.05, 3.63) is 0 Å². The lowest BCUT2D eigenvalue weighted by Crippen LogP contribution is -2.55. The second-order valence-electron chi connectivity index (χ2n) is 6.17. The Bertz CT molecular complexity index is 310. The Hall–Kier alpha value is -0.650. The van der Waals surface area contributed by atoms with Gasteiger partial charge in [0.1, 0.15) is 0 Å². The smallest absolute Gasteiger partial charge is 0.239 e. The molecule has 0 aromatic heterocycles. The number of nitrogens with zero attached hydrogens (tertiary/aromatic N) is 2. The maximum Gasteiger partial charge on any atom is 0.239 e. The molecule has 0 aromatic rings. The normalized spacial score (nSPS) is 27.6. The number of ether oxygens (including phenoxy) is 1. The van der Waals surface area contributed by atoms with Crippen LogP contribution < -0.4 is 5.73 Å². The fourth-order valence-corrected chi connectivity index (χ4v) is 2.94. The zero-order chi connectivity index (χ0) is 14.5. The van der Waals surface area contributed by atoms with E-state index in [0.29, 0.717) is 6.10 Å². The molecule has 2 saturated heterocycles. The summed E-state index contributed by atoms with van der Waals surface area (Å²) in [6.07, 6.45) is 3.72. The van der Waals surface area contributed by atoms with E-state index in [1.165, 1.54) is 12.8 Å². The number of hydrogen-bond acceptors (Lipinski definition) is 4. The first kappa shape index (κ1) is 15.7. The lowest BCUT2D eigenvalue weighted by Gasteiger charge is -2.37. The molecule has 2 N–H and O–H groups in total. The number of rotatable bonds is 5. The van der Waals surface area contributed by atoms with E-state index in [0.717, 1.165) is 45.8 Å². The van der Waals surface area contributed by atoms with Gasteiger partial charge in [-0.2, -0.15) is 0 Å². The van der Waals surface area contributed by atoms with Crippen LogP contribution in [-0.4, -0.2) is 67.2 Å². The third kappa shape index (κ3) is 3.93. The van der Waals surface area contributed by atoms with E-state index >= 15 is 0 Å². The molecule has 1 unspecified atom stereocenters. The summed E-state index contributed by atoms with van der Waals surface area (Å²) in [4.78, 5) is 16.7. The van der Waals surface area contributed by atoms with Crippen LogP contribution in [0.15, 0.2) is 0 Å². The van der Waals surface area contributed by atoms with Gasteiger partial charge in [-0.1, -0.05) is 20.3 Å². The minimum Gasteiger partial charge on any atom is -0.377 e. The summed E-state index contributed by atoms with van der Waals surface area (Å²) < 4.78 is 5.67. The van der Waals surface area contributed by atoms with Crippen LogP contribution in [0.3, 0.4) is 0 Å². The molecule has 116 valence electrons. The number of carbonyl (C=O) groups is 1. The van der Waals surface area contributed by atoms with E-state index in [1.54, 1.807) is 0 Å². The molecule has 20 heavy (non-hydrogen) atoms. The van der Waals surface area contributed by atoms with Gasteiger partial charge in [0, 0.05) is 39.3 Å². The molecule has 0 bridgehead atoms. The Kier molecular flexibility index (Phi) is 5.81. The van der Waals surface area contributed by atoms with Crippen molar-refractivity contribution in [3.8, 4) is 0 Å². The van der Waals surface area contributed by atoms with Gasteiger partial charge >= 0.3 is 0 Å². The van der Waals surface area contributed by atoms with Crippen LogP contribution in [0.2, 0.25) is 0 Å². The van der Waals surface area contributed by atoms with E-state index in [9.17, 15) is 4.79 Å². The van der Waals surface area contributed by atoms with Gasteiger partial charge in [0.05, 0.1) is 12.1 Å². The molecule has 2 heterocycles. The molecule has 1 amide bonds. The molecule has 5 nitrogen and oxygen atoms in total. The van der Waals surface area contributed by atoms with Crippen LogP contribution in [0.4, 0.5) is 0 Å². The maximum atomic E-state index is 12.3. The van der Waals surface area contributed by atoms with Gasteiger partial charge in [-0.15, -0.1) is 0 Å². The number of piperazine rings is 1. The third-order valence-electron chi connectivity index (χ3n) is 4.71. The molecule has 0 saturated carbocycles. The lowest BCUT2D eigenvalue weighted by molar-refractivity contribution is -0.135. The van der Waals surface area contributed by atoms with Crippen LogP contribution in [-0.2, 0) is 9.53 Å². The molecular formula is C15H29N3O2. The largest absolute Gasteiger partial charge is 0.377 e. The van der Waals surface area contributed by atoms with Gasteiger partial charge in [-0.25, -0.2) is 0 Å². The van der Waals surface area contributed by atoms with Crippen molar-refractivity contribution < 1.29 is 9.53 Å². The predicted molar refractivity (Wildman–Crippen MR) is 79.4 cm³/mol. The highest BCUT2D eigenvalue weighted by Crippen LogP contribution is 2.15. The first-order valence-corrected chi connectivity index (χ1v) is 8.00. The van der Waals surface area contributed by atoms with Crippen molar-refractivity contribution >= 4 is 5.91 Å². The van der Waals surface area contributed by atoms with Crippen molar-refractivity contribution in [1.29, 1.82) is 0 Å². The number of carbonyl (C=O) groups excluding carboxylic acids is 1. The summed E-state index contributed by atoms with van der Waals surface area (Å²) >= 11 is 0. The second-order valence-corrected chi connectivity index (χ2v) is 6.17. The Morgan fingerprint density at radius 3 is 2.60 bits per heavy atom. The van der Waals surface area contributed by atoms with Crippen molar-refractivity contribution in [3.63, 3.8) is 0 Å². The molecule has 2 aliphatic rings. The zero-order valence-corrected chi connectivity index (χ0v) is 12.9. The van der Waals surface area contributed by atoms with Gasteiger partial charge in [-0.05, 0) is 18.8 Å². The summed E-state index contributed by atoms with van der Waals surface area (Å²) in [7, 11) is 0. The highest BCUT2D eigenvalue weighted by atomic mass is 16.5. The lowest BCUT2D eigenvalue weighted by atomic mass is 9.98. The van der Waals surface area contributed by atoms with Crippen molar-refractivity contribution in [1.82, 2.24) is 9.80 Å². The average Bonchev–Trinajstić information content (AvgIpc) is 2.98. The molecule has 0 aliphatic carbocycles. The van der Waals surface area contributed by atoms with Crippen molar-refractivity contribution in [2.24, 2.45) is 11.7 Å². The van der Waals surface area contributed by atoms with E-state index in [1.807, 2.05) is 4.90 Å². The maximum absolute atomic E-state index is 12.3. The van der Waals surface area contributed by atoms with Crippen LogP contribution in [0.1, 0.15) is 33.1 Å². The number of nitrogens with two attached hydrogens (primary N) is 1. The van der Waals surface area contributed by atoms with Gasteiger partial charge in [0.15, 0.2) is 0 Å². The fraction of sp³-hybridized carbons (Fsp3) is 0.933. The van der Waals surface area contributed by atoms with Crippen LogP contribution in [0.25, 0.3) is 0 Å². The minimum absolute atomic E-state index is 0.121. The summed E-state index contributed by atoms with van der Waals surface area (Å²) in [5.74, 6) is 0.378. The minimum atomic E-state index is -0.343. The molecule has 2 fully saturated rings. The van der Waals surface area contributed by atoms with E-state index < -0.39 is 0 Å². The third-order valence-corrected chi connectivity index (χ3v) is 4.71. The average molecular weight is 283 g/mol. The quantitative estimate of drug-likeness (QED) is 0.806. The fourth-order valence-electron chi connectivity index (χ4n) is 2.94. The van der Waals surface area contributed by atoms with Gasteiger partial charge in [-0.3, -0.25) is 9.69 Å². The van der Waals surface area contributed by atoms with Gasteiger partial charge < -0.3 is 15.4 Å². The van der Waals surface area contributed by atoms with Crippen LogP contribution >= 0.6 is 0 Å². The zero-order valence-electron chi connectivity index (χ0n) is 12.9. The van der Waals surface area contributed by atoms with Crippen LogP contribution in [0.5, 0.6) is 0 Å². The van der Waals surface area contributed by atoms with E-state index in [-0.39, 0.29) is 17.9 Å². The van der Waals surface area contributed by atoms with E-state index in [4.69, 9.17) is 10.5 Å². The summed E-state index contributed by atoms with van der Waals surface area (Å²) in [6.45, 7) is 9.54. The highest BCUT2D eigenvalue weighted by Gasteiger charge is 2.29. The van der Waals surface area contributed by atoms with Crippen molar-refractivity contribution in [2.45, 2.75) is 45.3 Å². The first-order chi connectivity index (χ1) is 9.61. The molecule has 0 spiro atoms. The molecule has 0 radical (unpaired) electrons. The Morgan fingerprint density at radius 1 is 1.35 bits per heavy atom. The highest BCUT2D eigenvalue weighted by molar-refractivity contribution is 5.82. The Morgan fingerprint density at radius 2 is 2.05 bits per heavy atom.